The van der Waals surface area contributed by atoms with E-state index in [9.17, 15) is 0 Å². The summed E-state index contributed by atoms with van der Waals surface area (Å²) < 4.78 is 0. The van der Waals surface area contributed by atoms with Crippen molar-refractivity contribution >= 4 is 5.96 Å². The quantitative estimate of drug-likeness (QED) is 0.483. The van der Waals surface area contributed by atoms with Crippen LogP contribution < -0.4 is 10.6 Å². The number of aliphatic imine (C=N–C) groups is 1. The van der Waals surface area contributed by atoms with Crippen molar-refractivity contribution in [3.05, 3.63) is 0 Å². The highest BCUT2D eigenvalue weighted by Gasteiger charge is 2.19. The Morgan fingerprint density at radius 2 is 2.05 bits per heavy atom. The van der Waals surface area contributed by atoms with E-state index in [2.05, 4.69) is 34.4 Å². The first-order valence-corrected chi connectivity index (χ1v) is 8.07. The smallest absolute Gasteiger partial charge is 0.191 e. The van der Waals surface area contributed by atoms with Gasteiger partial charge in [-0.3, -0.25) is 4.99 Å². The molecule has 1 aliphatic heterocycles. The zero-order valence-electron chi connectivity index (χ0n) is 13.4. The summed E-state index contributed by atoms with van der Waals surface area (Å²) in [7, 11) is 0. The van der Waals surface area contributed by atoms with Gasteiger partial charge >= 0.3 is 0 Å². The minimum atomic E-state index is 0.193. The van der Waals surface area contributed by atoms with Gasteiger partial charge in [-0.1, -0.05) is 13.8 Å². The lowest BCUT2D eigenvalue weighted by molar-refractivity contribution is 0.206. The van der Waals surface area contributed by atoms with Crippen LogP contribution in [-0.4, -0.2) is 61.3 Å². The number of hydrogen-bond acceptors (Lipinski definition) is 3. The molecule has 1 fully saturated rings. The minimum Gasteiger partial charge on any atom is -0.396 e. The molecule has 5 nitrogen and oxygen atoms in total. The predicted molar refractivity (Wildman–Crippen MR) is 85.1 cm³/mol. The summed E-state index contributed by atoms with van der Waals surface area (Å²) in [5, 5.41) is 15.9. The van der Waals surface area contributed by atoms with E-state index in [1.807, 2.05) is 6.92 Å². The Hall–Kier alpha value is -0.810. The molecule has 0 aromatic heterocycles. The first-order valence-electron chi connectivity index (χ1n) is 8.07. The van der Waals surface area contributed by atoms with Gasteiger partial charge in [0.1, 0.15) is 0 Å². The summed E-state index contributed by atoms with van der Waals surface area (Å²) in [6.07, 6.45) is 3.60. The topological polar surface area (TPSA) is 59.9 Å². The van der Waals surface area contributed by atoms with Crippen molar-refractivity contribution in [3.8, 4) is 0 Å². The van der Waals surface area contributed by atoms with Crippen molar-refractivity contribution in [1.29, 1.82) is 0 Å². The number of likely N-dealkylation sites (tertiary alicyclic amines) is 1. The van der Waals surface area contributed by atoms with E-state index in [4.69, 9.17) is 5.11 Å². The molecular formula is C15H32N4O. The maximum absolute atomic E-state index is 9.06. The molecule has 3 N–H and O–H groups in total. The van der Waals surface area contributed by atoms with Crippen LogP contribution in [0.25, 0.3) is 0 Å². The molecule has 0 aromatic rings. The molecule has 0 aliphatic carbocycles. The Morgan fingerprint density at radius 3 is 2.60 bits per heavy atom. The van der Waals surface area contributed by atoms with E-state index in [0.29, 0.717) is 12.6 Å². The molecule has 1 aliphatic rings. The molecule has 1 atom stereocenters. The maximum atomic E-state index is 9.06. The zero-order valence-corrected chi connectivity index (χ0v) is 13.4. The van der Waals surface area contributed by atoms with Gasteiger partial charge in [-0.15, -0.1) is 0 Å². The van der Waals surface area contributed by atoms with E-state index in [1.54, 1.807) is 0 Å². The van der Waals surface area contributed by atoms with Crippen LogP contribution in [0.1, 0.15) is 40.0 Å². The van der Waals surface area contributed by atoms with E-state index in [1.165, 1.54) is 38.9 Å². The monoisotopic (exact) mass is 284 g/mol. The van der Waals surface area contributed by atoms with Crippen molar-refractivity contribution < 1.29 is 5.11 Å². The van der Waals surface area contributed by atoms with Crippen LogP contribution in [0.5, 0.6) is 0 Å². The second-order valence-corrected chi connectivity index (χ2v) is 5.77. The molecule has 0 bridgehead atoms. The lowest BCUT2D eigenvalue weighted by Crippen LogP contribution is -2.48. The van der Waals surface area contributed by atoms with Crippen molar-refractivity contribution in [1.82, 2.24) is 15.5 Å². The zero-order chi connectivity index (χ0) is 14.8. The van der Waals surface area contributed by atoms with E-state index in [0.717, 1.165) is 12.5 Å². The van der Waals surface area contributed by atoms with Crippen molar-refractivity contribution in [2.75, 3.05) is 39.3 Å². The number of piperidine rings is 1. The van der Waals surface area contributed by atoms with Gasteiger partial charge in [-0.05, 0) is 38.6 Å². The summed E-state index contributed by atoms with van der Waals surface area (Å²) in [5.74, 6) is 1.11. The number of rotatable bonds is 7. The Bertz CT molecular complexity index is 275. The third-order valence-corrected chi connectivity index (χ3v) is 3.69. The first kappa shape index (κ1) is 17.2. The Labute approximate surface area is 123 Å². The summed E-state index contributed by atoms with van der Waals surface area (Å²) >= 11 is 0. The third kappa shape index (κ3) is 6.57. The number of aliphatic hydroxyl groups is 1. The normalized spacial score (nSPS) is 19.9. The molecule has 0 amide bonds. The Balaban J connectivity index is 2.38. The standard InChI is InChI=1S/C15H32N4O/c1-4-8-19-9-6-14(7-10-19)18-15(16-5-2)17-11-13(3)12-20/h13-14,20H,4-12H2,1-3H3,(H2,16,17,18). The molecular weight excluding hydrogens is 252 g/mol. The summed E-state index contributed by atoms with van der Waals surface area (Å²) in [5.41, 5.74) is 0. The second-order valence-electron chi connectivity index (χ2n) is 5.77. The molecule has 1 saturated heterocycles. The summed E-state index contributed by atoms with van der Waals surface area (Å²) in [4.78, 5) is 7.09. The molecule has 1 heterocycles. The lowest BCUT2D eigenvalue weighted by Gasteiger charge is -2.32. The Kier molecular flexibility index (Phi) is 8.62. The fourth-order valence-corrected chi connectivity index (χ4v) is 2.44. The van der Waals surface area contributed by atoms with Gasteiger partial charge in [0.05, 0.1) is 0 Å². The Morgan fingerprint density at radius 1 is 1.35 bits per heavy atom. The average molecular weight is 284 g/mol. The van der Waals surface area contributed by atoms with Crippen LogP contribution in [0.15, 0.2) is 4.99 Å². The number of hydrogen-bond donors (Lipinski definition) is 3. The molecule has 5 heteroatoms. The highest BCUT2D eigenvalue weighted by molar-refractivity contribution is 5.80. The van der Waals surface area contributed by atoms with Crippen LogP contribution in [-0.2, 0) is 0 Å². The molecule has 0 saturated carbocycles. The van der Waals surface area contributed by atoms with Gasteiger partial charge in [0.2, 0.25) is 0 Å². The molecule has 20 heavy (non-hydrogen) atoms. The van der Waals surface area contributed by atoms with Crippen LogP contribution in [0.2, 0.25) is 0 Å². The number of nitrogens with zero attached hydrogens (tertiary/aromatic N) is 2. The van der Waals surface area contributed by atoms with Crippen LogP contribution in [0, 0.1) is 5.92 Å². The molecule has 1 unspecified atom stereocenters. The van der Waals surface area contributed by atoms with E-state index >= 15 is 0 Å². The van der Waals surface area contributed by atoms with Crippen LogP contribution in [0.3, 0.4) is 0 Å². The van der Waals surface area contributed by atoms with E-state index < -0.39 is 0 Å². The molecule has 0 radical (unpaired) electrons. The fraction of sp³-hybridized carbons (Fsp3) is 0.933. The molecule has 118 valence electrons. The van der Waals surface area contributed by atoms with Crippen LogP contribution >= 0.6 is 0 Å². The number of nitrogens with one attached hydrogen (secondary N) is 2. The summed E-state index contributed by atoms with van der Waals surface area (Å²) in [6, 6.07) is 0.519. The lowest BCUT2D eigenvalue weighted by atomic mass is 10.1. The van der Waals surface area contributed by atoms with Crippen molar-refractivity contribution in [2.24, 2.45) is 10.9 Å². The predicted octanol–water partition coefficient (Wildman–Crippen LogP) is 1.04. The number of aliphatic hydroxyl groups excluding tert-OH is 1. The minimum absolute atomic E-state index is 0.193. The van der Waals surface area contributed by atoms with E-state index in [-0.39, 0.29) is 12.5 Å². The summed E-state index contributed by atoms with van der Waals surface area (Å²) in [6.45, 7) is 11.6. The van der Waals surface area contributed by atoms with Crippen LogP contribution in [0.4, 0.5) is 0 Å². The fourth-order valence-electron chi connectivity index (χ4n) is 2.44. The van der Waals surface area contributed by atoms with Gasteiger partial charge in [0, 0.05) is 38.8 Å². The van der Waals surface area contributed by atoms with Crippen molar-refractivity contribution in [2.45, 2.75) is 46.1 Å². The highest BCUT2D eigenvalue weighted by Crippen LogP contribution is 2.10. The second kappa shape index (κ2) is 10.00. The molecule has 0 aromatic carbocycles. The molecule has 0 spiro atoms. The maximum Gasteiger partial charge on any atom is 0.191 e. The highest BCUT2D eigenvalue weighted by atomic mass is 16.3. The average Bonchev–Trinajstić information content (AvgIpc) is 2.47. The van der Waals surface area contributed by atoms with Gasteiger partial charge in [0.25, 0.3) is 0 Å². The van der Waals surface area contributed by atoms with Gasteiger partial charge < -0.3 is 20.6 Å². The number of guanidine groups is 1. The third-order valence-electron chi connectivity index (χ3n) is 3.69. The van der Waals surface area contributed by atoms with Gasteiger partial charge in [-0.25, -0.2) is 0 Å². The van der Waals surface area contributed by atoms with Gasteiger partial charge in [0.15, 0.2) is 5.96 Å². The molecule has 1 rings (SSSR count). The van der Waals surface area contributed by atoms with Crippen molar-refractivity contribution in [3.63, 3.8) is 0 Å². The largest absolute Gasteiger partial charge is 0.396 e. The van der Waals surface area contributed by atoms with Gasteiger partial charge in [-0.2, -0.15) is 0 Å². The SMILES string of the molecule is CCCN1CCC(NC(=NCC(C)CO)NCC)CC1. The first-order chi connectivity index (χ1) is 9.69.